The molecule has 37 heavy (non-hydrogen) atoms. The number of allylic oxidation sites excluding steroid dienone is 2. The molecule has 2 amide bonds. The Morgan fingerprint density at radius 3 is 2.46 bits per heavy atom. The Kier molecular flexibility index (Phi) is 9.80. The molecule has 0 radical (unpaired) electrons. The van der Waals surface area contributed by atoms with Gasteiger partial charge < -0.3 is 29.6 Å². The zero-order chi connectivity index (χ0) is 27.1. The lowest BCUT2D eigenvalue weighted by molar-refractivity contribution is -0.108. The third kappa shape index (κ3) is 6.55. The molecule has 0 spiro atoms. The number of carbonyl (C=O) groups excluding carboxylic acids is 2. The van der Waals surface area contributed by atoms with Crippen molar-refractivity contribution in [1.29, 1.82) is 0 Å². The van der Waals surface area contributed by atoms with Crippen molar-refractivity contribution in [3.63, 3.8) is 0 Å². The van der Waals surface area contributed by atoms with E-state index in [0.717, 1.165) is 47.2 Å². The van der Waals surface area contributed by atoms with Crippen molar-refractivity contribution in [3.8, 4) is 0 Å². The molecule has 1 aliphatic rings. The highest BCUT2D eigenvalue weighted by atomic mass is 16.5. The van der Waals surface area contributed by atoms with E-state index in [0.29, 0.717) is 42.1 Å². The van der Waals surface area contributed by atoms with E-state index in [1.54, 1.807) is 26.4 Å². The molecule has 1 fully saturated rings. The number of methoxy groups -OCH3 is 1. The number of fused-ring (bicyclic) bond motifs is 1. The van der Waals surface area contributed by atoms with Crippen LogP contribution in [0.3, 0.4) is 0 Å². The Labute approximate surface area is 220 Å². The van der Waals surface area contributed by atoms with Gasteiger partial charge in [0.15, 0.2) is 0 Å². The van der Waals surface area contributed by atoms with E-state index in [2.05, 4.69) is 47.5 Å². The van der Waals surface area contributed by atoms with Crippen molar-refractivity contribution in [2.75, 3.05) is 39.2 Å². The number of furan rings is 1. The monoisotopic (exact) mass is 510 g/mol. The van der Waals surface area contributed by atoms with Crippen LogP contribution in [0.5, 0.6) is 0 Å². The Morgan fingerprint density at radius 1 is 1.19 bits per heavy atom. The number of hydrogen-bond acceptors (Lipinski definition) is 6. The number of benzene rings is 1. The number of anilines is 1. The standard InChI is InChI=1S/C29H42N4O4/c1-8-33(23-11-9-22(10-12-23)32(5)6)25-16-27-24(13-14-37-27)28(21(25)4)29(35)30-17-19(2)26(36-7)15-20(3)31-18-34/h13-16,18,22-23H,8-12,17H2,1-7H3,(H,30,35)(H,31,34)/b20-15-,26-19-. The molecule has 1 aromatic heterocycles. The summed E-state index contributed by atoms with van der Waals surface area (Å²) in [6.07, 6.45) is 8.61. The maximum absolute atomic E-state index is 13.6. The van der Waals surface area contributed by atoms with E-state index >= 15 is 0 Å². The van der Waals surface area contributed by atoms with E-state index in [1.165, 1.54) is 12.8 Å². The molecule has 0 bridgehead atoms. The van der Waals surface area contributed by atoms with Crippen LogP contribution in [0.15, 0.2) is 45.9 Å². The lowest BCUT2D eigenvalue weighted by Gasteiger charge is -2.40. The molecule has 1 saturated carbocycles. The summed E-state index contributed by atoms with van der Waals surface area (Å²) in [7, 11) is 5.89. The molecule has 1 aromatic carbocycles. The van der Waals surface area contributed by atoms with Gasteiger partial charge in [-0.1, -0.05) is 0 Å². The minimum absolute atomic E-state index is 0.153. The van der Waals surface area contributed by atoms with Crippen LogP contribution < -0.4 is 15.5 Å². The highest BCUT2D eigenvalue weighted by Gasteiger charge is 2.29. The summed E-state index contributed by atoms with van der Waals surface area (Å²) in [5, 5.41) is 6.47. The average Bonchev–Trinajstić information content (AvgIpc) is 3.34. The lowest BCUT2D eigenvalue weighted by atomic mass is 9.88. The molecule has 3 rings (SSSR count). The second-order valence-electron chi connectivity index (χ2n) is 10.1. The predicted molar refractivity (Wildman–Crippen MR) is 149 cm³/mol. The maximum atomic E-state index is 13.6. The molecule has 2 aromatic rings. The fourth-order valence-electron chi connectivity index (χ4n) is 5.38. The van der Waals surface area contributed by atoms with Crippen LogP contribution in [0.1, 0.15) is 62.4 Å². The zero-order valence-electron chi connectivity index (χ0n) is 23.3. The maximum Gasteiger partial charge on any atom is 0.252 e. The molecule has 1 aliphatic carbocycles. The second kappa shape index (κ2) is 12.8. The summed E-state index contributed by atoms with van der Waals surface area (Å²) in [6.45, 7) is 9.05. The molecule has 8 nitrogen and oxygen atoms in total. The summed E-state index contributed by atoms with van der Waals surface area (Å²) in [6, 6.07) is 5.02. The fraction of sp³-hybridized carbons (Fsp3) is 0.517. The van der Waals surface area contributed by atoms with Crippen LogP contribution >= 0.6 is 0 Å². The van der Waals surface area contributed by atoms with Crippen molar-refractivity contribution in [2.45, 2.75) is 65.5 Å². The quantitative estimate of drug-likeness (QED) is 0.258. The zero-order valence-corrected chi connectivity index (χ0v) is 23.3. The van der Waals surface area contributed by atoms with Crippen LogP contribution in [0.4, 0.5) is 5.69 Å². The number of nitrogens with one attached hydrogen (secondary N) is 2. The van der Waals surface area contributed by atoms with Crippen LogP contribution in [-0.4, -0.2) is 63.6 Å². The van der Waals surface area contributed by atoms with Crippen LogP contribution in [0.25, 0.3) is 11.0 Å². The van der Waals surface area contributed by atoms with E-state index in [4.69, 9.17) is 9.15 Å². The number of rotatable bonds is 11. The Balaban J connectivity index is 1.88. The van der Waals surface area contributed by atoms with Gasteiger partial charge in [0.05, 0.1) is 18.9 Å². The smallest absolute Gasteiger partial charge is 0.252 e. The van der Waals surface area contributed by atoms with Gasteiger partial charge in [-0.05, 0) is 90.8 Å². The molecular weight excluding hydrogens is 468 g/mol. The summed E-state index contributed by atoms with van der Waals surface area (Å²) in [5.74, 6) is 0.441. The van der Waals surface area contributed by atoms with Gasteiger partial charge in [0.2, 0.25) is 6.41 Å². The van der Waals surface area contributed by atoms with Crippen molar-refractivity contribution < 1.29 is 18.7 Å². The Hall–Kier alpha value is -3.26. The number of carbonyl (C=O) groups is 2. The third-order valence-corrected chi connectivity index (χ3v) is 7.49. The molecule has 1 heterocycles. The second-order valence-corrected chi connectivity index (χ2v) is 10.1. The molecule has 0 saturated heterocycles. The predicted octanol–water partition coefficient (Wildman–Crippen LogP) is 4.74. The average molecular weight is 511 g/mol. The van der Waals surface area contributed by atoms with E-state index in [-0.39, 0.29) is 5.91 Å². The highest BCUT2D eigenvalue weighted by molar-refractivity contribution is 6.09. The van der Waals surface area contributed by atoms with Gasteiger partial charge in [0, 0.05) is 48.0 Å². The van der Waals surface area contributed by atoms with Gasteiger partial charge in [-0.15, -0.1) is 0 Å². The summed E-state index contributed by atoms with van der Waals surface area (Å²) in [4.78, 5) is 29.0. The topological polar surface area (TPSA) is 87.1 Å². The van der Waals surface area contributed by atoms with Crippen molar-refractivity contribution in [2.24, 2.45) is 0 Å². The number of nitrogens with zero attached hydrogens (tertiary/aromatic N) is 2. The van der Waals surface area contributed by atoms with Crippen molar-refractivity contribution in [3.05, 3.63) is 52.6 Å². The molecule has 202 valence electrons. The van der Waals surface area contributed by atoms with E-state index in [1.807, 2.05) is 19.9 Å². The number of ether oxygens (including phenoxy) is 1. The number of hydrogen-bond donors (Lipinski definition) is 2. The van der Waals surface area contributed by atoms with Gasteiger partial charge in [-0.3, -0.25) is 9.59 Å². The molecule has 2 N–H and O–H groups in total. The van der Waals surface area contributed by atoms with Gasteiger partial charge in [0.1, 0.15) is 11.3 Å². The fourth-order valence-corrected chi connectivity index (χ4v) is 5.38. The van der Waals surface area contributed by atoms with Gasteiger partial charge in [-0.25, -0.2) is 0 Å². The van der Waals surface area contributed by atoms with Gasteiger partial charge in [-0.2, -0.15) is 0 Å². The van der Waals surface area contributed by atoms with Crippen LogP contribution in [0, 0.1) is 6.92 Å². The SMILES string of the molecule is CCN(c1cc2occc2c(C(=O)NC/C(C)=C(/C=C(/C)NC=O)OC)c1C)C1CCC(N(C)C)CC1. The number of amides is 2. The first-order chi connectivity index (χ1) is 17.7. The van der Waals surface area contributed by atoms with Crippen LogP contribution in [0.2, 0.25) is 0 Å². The first-order valence-corrected chi connectivity index (χ1v) is 13.1. The summed E-state index contributed by atoms with van der Waals surface area (Å²) >= 11 is 0. The van der Waals surface area contributed by atoms with E-state index < -0.39 is 0 Å². The van der Waals surface area contributed by atoms with E-state index in [9.17, 15) is 9.59 Å². The highest BCUT2D eigenvalue weighted by Crippen LogP contribution is 2.36. The first kappa shape index (κ1) is 28.3. The van der Waals surface area contributed by atoms with Gasteiger partial charge in [0.25, 0.3) is 5.91 Å². The molecule has 0 aliphatic heterocycles. The molecule has 8 heteroatoms. The minimum Gasteiger partial charge on any atom is -0.497 e. The molecule has 0 atom stereocenters. The summed E-state index contributed by atoms with van der Waals surface area (Å²) in [5.41, 5.74) is 4.87. The Bertz CT molecular complexity index is 1160. The first-order valence-electron chi connectivity index (χ1n) is 13.1. The summed E-state index contributed by atoms with van der Waals surface area (Å²) < 4.78 is 11.3. The lowest BCUT2D eigenvalue weighted by Crippen LogP contribution is -2.42. The largest absolute Gasteiger partial charge is 0.497 e. The third-order valence-electron chi connectivity index (χ3n) is 7.49. The minimum atomic E-state index is -0.153. The van der Waals surface area contributed by atoms with Crippen LogP contribution in [-0.2, 0) is 9.53 Å². The Morgan fingerprint density at radius 2 is 1.86 bits per heavy atom. The molecular formula is C29H42N4O4. The van der Waals surface area contributed by atoms with Crippen molar-refractivity contribution in [1.82, 2.24) is 15.5 Å². The van der Waals surface area contributed by atoms with Gasteiger partial charge >= 0.3 is 0 Å². The van der Waals surface area contributed by atoms with Crippen molar-refractivity contribution >= 4 is 29.0 Å². The molecule has 0 unspecified atom stereocenters. The normalized spacial score (nSPS) is 19.0.